The number of alkyl halides is 2. The van der Waals surface area contributed by atoms with E-state index in [0.717, 1.165) is 28.5 Å². The van der Waals surface area contributed by atoms with E-state index in [1.54, 1.807) is 6.20 Å². The van der Waals surface area contributed by atoms with Crippen LogP contribution >= 0.6 is 0 Å². The quantitative estimate of drug-likeness (QED) is 0.397. The summed E-state index contributed by atoms with van der Waals surface area (Å²) >= 11 is 0. The molecule has 0 radical (unpaired) electrons. The van der Waals surface area contributed by atoms with E-state index >= 15 is 0 Å². The summed E-state index contributed by atoms with van der Waals surface area (Å²) in [6.45, 7) is 0. The average molecular weight is 462 g/mol. The Hall–Kier alpha value is -4.40. The van der Waals surface area contributed by atoms with Crippen LogP contribution in [-0.2, 0) is 0 Å². The van der Waals surface area contributed by atoms with Gasteiger partial charge in [0.2, 0.25) is 0 Å². The number of benzene rings is 3. The van der Waals surface area contributed by atoms with Crippen molar-refractivity contribution in [1.29, 1.82) is 0 Å². The fraction of sp³-hybridized carbons (Fsp3) is 0.0800. The van der Waals surface area contributed by atoms with Crippen LogP contribution in [0.25, 0.3) is 27.5 Å². The predicted molar refractivity (Wildman–Crippen MR) is 121 cm³/mol. The molecule has 0 spiro atoms. The minimum atomic E-state index is -2.98. The molecule has 0 aliphatic heterocycles. The van der Waals surface area contributed by atoms with Gasteiger partial charge in [0.05, 0.1) is 11.9 Å². The molecule has 5 aromatic rings. The minimum Gasteiger partial charge on any atom is -0.338 e. The summed E-state index contributed by atoms with van der Waals surface area (Å²) in [4.78, 5) is 28.1. The molecule has 1 atom stereocenters. The van der Waals surface area contributed by atoms with Crippen molar-refractivity contribution in [2.24, 2.45) is 0 Å². The predicted octanol–water partition coefficient (Wildman–Crippen LogP) is 4.72. The van der Waals surface area contributed by atoms with Crippen molar-refractivity contribution in [2.75, 3.05) is 0 Å². The van der Waals surface area contributed by atoms with Gasteiger partial charge in [0.15, 0.2) is 5.69 Å². The number of rotatable bonds is 5. The number of nitrogens with zero attached hydrogens (tertiary/aromatic N) is 2. The van der Waals surface area contributed by atoms with E-state index in [4.69, 9.17) is 0 Å². The zero-order chi connectivity index (χ0) is 23.8. The zero-order valence-electron chi connectivity index (χ0n) is 17.5. The molecule has 2 heterocycles. The average Bonchev–Trinajstić information content (AvgIpc) is 3.27. The van der Waals surface area contributed by atoms with E-state index in [0.29, 0.717) is 5.69 Å². The molecule has 0 saturated carbocycles. The van der Waals surface area contributed by atoms with Gasteiger partial charge in [-0.2, -0.15) is 5.10 Å². The second-order valence-electron chi connectivity index (χ2n) is 7.76. The molecular formula is C25H17F3N4O2. The summed E-state index contributed by atoms with van der Waals surface area (Å²) in [7, 11) is 0. The SMILES string of the molecule is O=C(NC(c1cccc(F)c1)C(F)F)c1cc2c(=O)[nH]c(-c3ccc4ccccc4c3)cn2n1. The van der Waals surface area contributed by atoms with Gasteiger partial charge in [-0.05, 0) is 34.5 Å². The van der Waals surface area contributed by atoms with Gasteiger partial charge in [-0.25, -0.2) is 17.7 Å². The van der Waals surface area contributed by atoms with Crippen molar-refractivity contribution >= 4 is 22.2 Å². The lowest BCUT2D eigenvalue weighted by atomic mass is 10.1. The van der Waals surface area contributed by atoms with Crippen molar-refractivity contribution in [2.45, 2.75) is 12.5 Å². The number of fused-ring (bicyclic) bond motifs is 2. The summed E-state index contributed by atoms with van der Waals surface area (Å²) < 4.78 is 41.9. The molecule has 0 bridgehead atoms. The van der Waals surface area contributed by atoms with E-state index in [1.165, 1.54) is 22.7 Å². The van der Waals surface area contributed by atoms with Crippen LogP contribution < -0.4 is 10.9 Å². The Morgan fingerprint density at radius 3 is 2.53 bits per heavy atom. The summed E-state index contributed by atoms with van der Waals surface area (Å²) in [6.07, 6.45) is -1.43. The van der Waals surface area contributed by atoms with Gasteiger partial charge in [-0.3, -0.25) is 9.59 Å². The maximum absolute atomic E-state index is 13.6. The Morgan fingerprint density at radius 1 is 0.971 bits per heavy atom. The first-order valence-electron chi connectivity index (χ1n) is 10.4. The third-order valence-corrected chi connectivity index (χ3v) is 5.51. The van der Waals surface area contributed by atoms with E-state index in [9.17, 15) is 22.8 Å². The van der Waals surface area contributed by atoms with E-state index in [1.807, 2.05) is 42.5 Å². The molecule has 0 aliphatic rings. The smallest absolute Gasteiger partial charge is 0.274 e. The Morgan fingerprint density at radius 2 is 1.76 bits per heavy atom. The van der Waals surface area contributed by atoms with Gasteiger partial charge in [0.25, 0.3) is 17.9 Å². The molecule has 1 amide bonds. The van der Waals surface area contributed by atoms with Crippen LogP contribution in [0.15, 0.2) is 83.8 Å². The monoisotopic (exact) mass is 462 g/mol. The number of carbonyl (C=O) groups is 1. The fourth-order valence-corrected chi connectivity index (χ4v) is 3.82. The first kappa shape index (κ1) is 21.4. The molecule has 0 aliphatic carbocycles. The number of aromatic nitrogens is 3. The van der Waals surface area contributed by atoms with Crippen LogP contribution in [0.5, 0.6) is 0 Å². The van der Waals surface area contributed by atoms with Gasteiger partial charge >= 0.3 is 0 Å². The van der Waals surface area contributed by atoms with Crippen LogP contribution in [0.4, 0.5) is 13.2 Å². The third-order valence-electron chi connectivity index (χ3n) is 5.51. The fourth-order valence-electron chi connectivity index (χ4n) is 3.82. The Balaban J connectivity index is 1.48. The molecule has 5 rings (SSSR count). The maximum Gasteiger partial charge on any atom is 0.274 e. The number of aromatic amines is 1. The summed E-state index contributed by atoms with van der Waals surface area (Å²) in [5, 5.41) is 8.32. The van der Waals surface area contributed by atoms with Gasteiger partial charge in [0.1, 0.15) is 17.4 Å². The van der Waals surface area contributed by atoms with Crippen LogP contribution in [0.1, 0.15) is 22.1 Å². The van der Waals surface area contributed by atoms with Gasteiger partial charge in [-0.15, -0.1) is 0 Å². The standard InChI is InChI=1S/C25H17F3N4O2/c26-18-7-3-6-17(11-18)22(23(27)28)30-24(33)19-12-21-25(34)29-20(13-32(21)31-19)16-9-8-14-4-1-2-5-15(14)10-16/h1-13,22-23H,(H,29,34)(H,30,33). The van der Waals surface area contributed by atoms with Crippen molar-refractivity contribution in [3.63, 3.8) is 0 Å². The molecule has 34 heavy (non-hydrogen) atoms. The topological polar surface area (TPSA) is 79.3 Å². The van der Waals surface area contributed by atoms with E-state index < -0.39 is 29.8 Å². The van der Waals surface area contributed by atoms with Crippen molar-refractivity contribution in [3.05, 3.63) is 106 Å². The number of amides is 1. The van der Waals surface area contributed by atoms with Crippen molar-refractivity contribution in [3.8, 4) is 11.3 Å². The van der Waals surface area contributed by atoms with Crippen molar-refractivity contribution in [1.82, 2.24) is 19.9 Å². The molecule has 2 N–H and O–H groups in total. The number of hydrogen-bond acceptors (Lipinski definition) is 3. The Bertz CT molecular complexity index is 1590. The molecule has 0 fully saturated rings. The van der Waals surface area contributed by atoms with Gasteiger partial charge in [-0.1, -0.05) is 48.5 Å². The molecule has 0 saturated heterocycles. The summed E-state index contributed by atoms with van der Waals surface area (Å²) in [5.41, 5.74) is 0.500. The summed E-state index contributed by atoms with van der Waals surface area (Å²) in [6, 6.07) is 17.6. The maximum atomic E-state index is 13.6. The number of nitrogens with one attached hydrogen (secondary N) is 2. The first-order chi connectivity index (χ1) is 16.4. The highest BCUT2D eigenvalue weighted by molar-refractivity contribution is 5.94. The number of halogens is 3. The van der Waals surface area contributed by atoms with E-state index in [-0.39, 0.29) is 16.8 Å². The number of carbonyl (C=O) groups excluding carboxylic acids is 1. The molecule has 2 aromatic heterocycles. The van der Waals surface area contributed by atoms with E-state index in [2.05, 4.69) is 15.4 Å². The molecule has 170 valence electrons. The third kappa shape index (κ3) is 4.03. The van der Waals surface area contributed by atoms with Crippen LogP contribution in [0, 0.1) is 5.82 Å². The van der Waals surface area contributed by atoms with Gasteiger partial charge < -0.3 is 10.3 Å². The molecule has 1 unspecified atom stereocenters. The van der Waals surface area contributed by atoms with Crippen LogP contribution in [0.2, 0.25) is 0 Å². The zero-order valence-corrected chi connectivity index (χ0v) is 17.5. The lowest BCUT2D eigenvalue weighted by molar-refractivity contribution is 0.0739. The van der Waals surface area contributed by atoms with Crippen LogP contribution in [0.3, 0.4) is 0 Å². The minimum absolute atomic E-state index is 0.0778. The lowest BCUT2D eigenvalue weighted by Gasteiger charge is -2.17. The number of hydrogen-bond donors (Lipinski definition) is 2. The largest absolute Gasteiger partial charge is 0.338 e. The highest BCUT2D eigenvalue weighted by atomic mass is 19.3. The molecule has 9 heteroatoms. The van der Waals surface area contributed by atoms with Gasteiger partial charge in [0, 0.05) is 11.6 Å². The van der Waals surface area contributed by atoms with Crippen molar-refractivity contribution < 1.29 is 18.0 Å². The second kappa shape index (κ2) is 8.51. The highest BCUT2D eigenvalue weighted by Crippen LogP contribution is 2.24. The molecule has 3 aromatic carbocycles. The summed E-state index contributed by atoms with van der Waals surface area (Å²) in [5.74, 6) is -1.61. The number of H-pyrrole nitrogens is 1. The highest BCUT2D eigenvalue weighted by Gasteiger charge is 2.26. The first-order valence-corrected chi connectivity index (χ1v) is 10.4. The Kier molecular flexibility index (Phi) is 5.37. The second-order valence-corrected chi connectivity index (χ2v) is 7.76. The molecule has 6 nitrogen and oxygen atoms in total. The Labute approximate surface area is 190 Å². The lowest BCUT2D eigenvalue weighted by Crippen LogP contribution is -2.33. The normalized spacial score (nSPS) is 12.4. The van der Waals surface area contributed by atoms with Crippen LogP contribution in [-0.4, -0.2) is 26.9 Å². The molecular weight excluding hydrogens is 445 g/mol.